The Morgan fingerprint density at radius 2 is 1.80 bits per heavy atom. The quantitative estimate of drug-likeness (QED) is 0.641. The van der Waals surface area contributed by atoms with Crippen LogP contribution < -0.4 is 5.32 Å². The molecule has 2 unspecified atom stereocenters. The predicted molar refractivity (Wildman–Crippen MR) is 91.8 cm³/mol. The number of hydrogen-bond donors (Lipinski definition) is 3. The Balaban J connectivity index is 1.49. The number of rotatable bonds is 6. The number of alkyl carbamates (subject to hydrolysis) is 1. The van der Waals surface area contributed by atoms with E-state index < -0.39 is 18.3 Å². The number of carbonyl (C=O) groups excluding carboxylic acids is 1. The molecule has 1 amide bonds. The first-order valence-electron chi connectivity index (χ1n) is 7.92. The van der Waals surface area contributed by atoms with Gasteiger partial charge in [0.2, 0.25) is 0 Å². The summed E-state index contributed by atoms with van der Waals surface area (Å²) in [7, 11) is 0. The van der Waals surface area contributed by atoms with Gasteiger partial charge < -0.3 is 24.7 Å². The molecular weight excluding hydrogens is 322 g/mol. The van der Waals surface area contributed by atoms with Crippen molar-refractivity contribution in [1.29, 1.82) is 0 Å². The van der Waals surface area contributed by atoms with E-state index in [0.717, 1.165) is 10.9 Å². The Bertz CT molecular complexity index is 797. The van der Waals surface area contributed by atoms with Crippen molar-refractivity contribution in [3.8, 4) is 0 Å². The minimum absolute atomic E-state index is 0.134. The zero-order chi connectivity index (χ0) is 17.6. The largest absolute Gasteiger partial charge is 0.458 e. The highest BCUT2D eigenvalue weighted by atomic mass is 16.5. The minimum Gasteiger partial charge on any atom is -0.458 e. The first kappa shape index (κ1) is 17.0. The highest BCUT2D eigenvalue weighted by Gasteiger charge is 2.23. The Hall–Kier alpha value is -2.83. The maximum Gasteiger partial charge on any atom is 0.407 e. The van der Waals surface area contributed by atoms with E-state index in [1.54, 1.807) is 12.1 Å². The SMILES string of the molecule is O=C(NCC(O)C(O)c1cc2ccccc2o1)OCc1ccccc1. The number of furan rings is 1. The number of para-hydroxylation sites is 1. The van der Waals surface area contributed by atoms with Crippen molar-refractivity contribution in [2.75, 3.05) is 6.54 Å². The molecular formula is C19H19NO5. The van der Waals surface area contributed by atoms with Crippen LogP contribution in [-0.4, -0.2) is 29.0 Å². The monoisotopic (exact) mass is 341 g/mol. The molecule has 3 rings (SSSR count). The minimum atomic E-state index is -1.25. The van der Waals surface area contributed by atoms with Gasteiger partial charge in [0, 0.05) is 11.9 Å². The molecule has 0 fully saturated rings. The maximum absolute atomic E-state index is 11.7. The number of amides is 1. The molecule has 1 heterocycles. The molecule has 6 nitrogen and oxygen atoms in total. The van der Waals surface area contributed by atoms with Crippen molar-refractivity contribution in [3.05, 3.63) is 72.0 Å². The van der Waals surface area contributed by atoms with Crippen molar-refractivity contribution < 1.29 is 24.2 Å². The molecule has 3 aromatic rings. The fourth-order valence-corrected chi connectivity index (χ4v) is 2.41. The molecule has 2 aromatic carbocycles. The average molecular weight is 341 g/mol. The normalized spacial score (nSPS) is 13.4. The second kappa shape index (κ2) is 7.83. The molecule has 0 aliphatic carbocycles. The summed E-state index contributed by atoms with van der Waals surface area (Å²) >= 11 is 0. The summed E-state index contributed by atoms with van der Waals surface area (Å²) in [6.07, 6.45) is -3.13. The molecule has 0 aliphatic rings. The number of nitrogens with one attached hydrogen (secondary N) is 1. The summed E-state index contributed by atoms with van der Waals surface area (Å²) in [6, 6.07) is 18.2. The van der Waals surface area contributed by atoms with Crippen LogP contribution in [0.1, 0.15) is 17.4 Å². The first-order chi connectivity index (χ1) is 12.1. The number of hydrogen-bond acceptors (Lipinski definition) is 5. The van der Waals surface area contributed by atoms with Crippen LogP contribution in [0.4, 0.5) is 4.79 Å². The molecule has 3 N–H and O–H groups in total. The highest BCUT2D eigenvalue weighted by Crippen LogP contribution is 2.25. The summed E-state index contributed by atoms with van der Waals surface area (Å²) in [5.74, 6) is 0.244. The van der Waals surface area contributed by atoms with E-state index in [9.17, 15) is 15.0 Å². The lowest BCUT2D eigenvalue weighted by molar-refractivity contribution is 0.00682. The second-order valence-electron chi connectivity index (χ2n) is 5.64. The number of carbonyl (C=O) groups is 1. The number of fused-ring (bicyclic) bond motifs is 1. The van der Waals surface area contributed by atoms with Crippen LogP contribution in [-0.2, 0) is 11.3 Å². The van der Waals surface area contributed by atoms with E-state index in [1.165, 1.54) is 0 Å². The smallest absolute Gasteiger partial charge is 0.407 e. The molecule has 0 aliphatic heterocycles. The third kappa shape index (κ3) is 4.37. The Labute approximate surface area is 144 Å². The van der Waals surface area contributed by atoms with E-state index in [1.807, 2.05) is 48.5 Å². The molecule has 0 spiro atoms. The molecule has 25 heavy (non-hydrogen) atoms. The van der Waals surface area contributed by atoms with Crippen LogP contribution in [0.2, 0.25) is 0 Å². The summed E-state index contributed by atoms with van der Waals surface area (Å²) in [4.78, 5) is 11.7. The third-order valence-electron chi connectivity index (χ3n) is 3.77. The Morgan fingerprint density at radius 1 is 1.08 bits per heavy atom. The Morgan fingerprint density at radius 3 is 2.56 bits per heavy atom. The topological polar surface area (TPSA) is 91.9 Å². The van der Waals surface area contributed by atoms with Gasteiger partial charge in [-0.2, -0.15) is 0 Å². The van der Waals surface area contributed by atoms with Crippen LogP contribution in [0.25, 0.3) is 11.0 Å². The zero-order valence-corrected chi connectivity index (χ0v) is 13.5. The van der Waals surface area contributed by atoms with Gasteiger partial charge in [-0.15, -0.1) is 0 Å². The van der Waals surface area contributed by atoms with Gasteiger partial charge in [0.1, 0.15) is 30.2 Å². The molecule has 0 bridgehead atoms. The van der Waals surface area contributed by atoms with Gasteiger partial charge in [0.25, 0.3) is 0 Å². The summed E-state index contributed by atoms with van der Waals surface area (Å²) < 4.78 is 10.6. The van der Waals surface area contributed by atoms with E-state index in [-0.39, 0.29) is 18.9 Å². The van der Waals surface area contributed by atoms with Crippen LogP contribution in [0, 0.1) is 0 Å². The third-order valence-corrected chi connectivity index (χ3v) is 3.77. The van der Waals surface area contributed by atoms with Crippen LogP contribution in [0.3, 0.4) is 0 Å². The average Bonchev–Trinajstić information content (AvgIpc) is 3.08. The molecule has 0 saturated heterocycles. The van der Waals surface area contributed by atoms with Crippen molar-refractivity contribution in [3.63, 3.8) is 0 Å². The van der Waals surface area contributed by atoms with Crippen molar-refractivity contribution >= 4 is 17.1 Å². The highest BCUT2D eigenvalue weighted by molar-refractivity contribution is 5.77. The van der Waals surface area contributed by atoms with Gasteiger partial charge in [-0.1, -0.05) is 48.5 Å². The van der Waals surface area contributed by atoms with E-state index in [4.69, 9.17) is 9.15 Å². The van der Waals surface area contributed by atoms with E-state index in [0.29, 0.717) is 5.58 Å². The lowest BCUT2D eigenvalue weighted by atomic mass is 10.1. The molecule has 130 valence electrons. The lowest BCUT2D eigenvalue weighted by Crippen LogP contribution is -2.35. The zero-order valence-electron chi connectivity index (χ0n) is 13.5. The molecule has 6 heteroatoms. The van der Waals surface area contributed by atoms with Crippen LogP contribution in [0.5, 0.6) is 0 Å². The number of aliphatic hydroxyl groups is 2. The number of aliphatic hydroxyl groups excluding tert-OH is 2. The fraction of sp³-hybridized carbons (Fsp3) is 0.211. The van der Waals surface area contributed by atoms with Gasteiger partial charge in [-0.25, -0.2) is 4.79 Å². The van der Waals surface area contributed by atoms with Gasteiger partial charge in [-0.3, -0.25) is 0 Å². The van der Waals surface area contributed by atoms with Gasteiger partial charge in [0.15, 0.2) is 0 Å². The number of benzene rings is 2. The van der Waals surface area contributed by atoms with E-state index >= 15 is 0 Å². The predicted octanol–water partition coefficient (Wildman–Crippen LogP) is 2.75. The summed E-state index contributed by atoms with van der Waals surface area (Å²) in [6.45, 7) is -0.0271. The van der Waals surface area contributed by atoms with Crippen molar-refractivity contribution in [2.45, 2.75) is 18.8 Å². The van der Waals surface area contributed by atoms with Gasteiger partial charge >= 0.3 is 6.09 Å². The molecule has 2 atom stereocenters. The second-order valence-corrected chi connectivity index (χ2v) is 5.64. The summed E-state index contributed by atoms with van der Waals surface area (Å²) in [5, 5.41) is 23.5. The first-order valence-corrected chi connectivity index (χ1v) is 7.92. The Kier molecular flexibility index (Phi) is 5.33. The van der Waals surface area contributed by atoms with Crippen molar-refractivity contribution in [2.24, 2.45) is 0 Å². The van der Waals surface area contributed by atoms with Gasteiger partial charge in [0.05, 0.1) is 0 Å². The van der Waals surface area contributed by atoms with Gasteiger partial charge in [-0.05, 0) is 17.7 Å². The molecule has 0 radical (unpaired) electrons. The van der Waals surface area contributed by atoms with E-state index in [2.05, 4.69) is 5.32 Å². The molecule has 0 saturated carbocycles. The standard InChI is InChI=1S/C19H19NO5/c21-15(11-20-19(23)24-12-13-6-2-1-3-7-13)18(22)17-10-14-8-4-5-9-16(14)25-17/h1-10,15,18,21-22H,11-12H2,(H,20,23). The maximum atomic E-state index is 11.7. The number of ether oxygens (including phenoxy) is 1. The van der Waals surface area contributed by atoms with Crippen molar-refractivity contribution in [1.82, 2.24) is 5.32 Å². The lowest BCUT2D eigenvalue weighted by Gasteiger charge is -2.16. The van der Waals surface area contributed by atoms with Crippen LogP contribution >= 0.6 is 0 Å². The summed E-state index contributed by atoms with van der Waals surface area (Å²) in [5.41, 5.74) is 1.49. The molecule has 1 aromatic heterocycles. The van der Waals surface area contributed by atoms with Crippen LogP contribution in [0.15, 0.2) is 65.1 Å². The fourth-order valence-electron chi connectivity index (χ4n) is 2.41.